The Morgan fingerprint density at radius 2 is 1.85 bits per heavy atom. The average molecular weight is 482 g/mol. The van der Waals surface area contributed by atoms with E-state index in [4.69, 9.17) is 4.74 Å². The predicted octanol–water partition coefficient (Wildman–Crippen LogP) is 5.37. The van der Waals surface area contributed by atoms with E-state index in [1.54, 1.807) is 36.4 Å². The van der Waals surface area contributed by atoms with E-state index >= 15 is 0 Å². The first kappa shape index (κ1) is 24.4. The lowest BCUT2D eigenvalue weighted by molar-refractivity contribution is -0.125. The number of benzene rings is 2. The fourth-order valence-corrected chi connectivity index (χ4v) is 3.92. The van der Waals surface area contributed by atoms with E-state index in [0.29, 0.717) is 11.3 Å². The summed E-state index contributed by atoms with van der Waals surface area (Å²) in [6.07, 6.45) is -0.791. The summed E-state index contributed by atoms with van der Waals surface area (Å²) in [6, 6.07) is 11.9. The van der Waals surface area contributed by atoms with Gasteiger partial charge in [-0.1, -0.05) is 36.4 Å². The molecule has 0 bridgehead atoms. The number of hydrogen-bond acceptors (Lipinski definition) is 4. The summed E-state index contributed by atoms with van der Waals surface area (Å²) in [6.45, 7) is 3.32. The highest BCUT2D eigenvalue weighted by atomic mass is 32.2. The Kier molecular flexibility index (Phi) is 7.16. The Hall–Kier alpha value is -3.27. The molecule has 0 saturated carbocycles. The number of hydrogen-bond donors (Lipinski definition) is 1. The zero-order valence-corrected chi connectivity index (χ0v) is 18.5. The second-order valence-electron chi connectivity index (χ2n) is 7.38. The molecule has 0 aromatic heterocycles. The average Bonchev–Trinajstić information content (AvgIpc) is 2.71. The van der Waals surface area contributed by atoms with Crippen molar-refractivity contribution >= 4 is 15.7 Å². The molecule has 1 N–H and O–H groups in total. The van der Waals surface area contributed by atoms with E-state index in [1.807, 2.05) is 4.72 Å². The maximum Gasteiger partial charge on any atom is 0.431 e. The number of ether oxygens (including phenoxy) is 1. The van der Waals surface area contributed by atoms with Crippen LogP contribution in [0.3, 0.4) is 0 Å². The molecule has 0 radical (unpaired) electrons. The van der Waals surface area contributed by atoms with Crippen LogP contribution in [0.4, 0.5) is 23.2 Å². The molecule has 176 valence electrons. The highest BCUT2D eigenvalue weighted by molar-refractivity contribution is 7.92. The van der Waals surface area contributed by atoms with Crippen LogP contribution >= 0.6 is 0 Å². The van der Waals surface area contributed by atoms with Crippen molar-refractivity contribution in [2.24, 2.45) is 0 Å². The number of alkyl halides is 3. The zero-order chi connectivity index (χ0) is 24.2. The molecule has 2 aromatic carbocycles. The standard InChI is InChI=1S/C23H22F4N2O3S/c1-3-7-17-11-13-21(23(25,26)27)29(22(17)32-18-8-5-4-6-9-18)15-16-10-12-20(19(24)14-16)28-33(2,30)31/h3-6,8-14,22,28H,1,7,15H2,2H3. The first-order valence-electron chi connectivity index (χ1n) is 9.81. The van der Waals surface area contributed by atoms with Crippen LogP contribution < -0.4 is 9.46 Å². The summed E-state index contributed by atoms with van der Waals surface area (Å²) in [5.41, 5.74) is -0.508. The van der Waals surface area contributed by atoms with Crippen molar-refractivity contribution < 1.29 is 30.7 Å². The highest BCUT2D eigenvalue weighted by Gasteiger charge is 2.43. The number of nitrogens with one attached hydrogen (secondary N) is 1. The minimum absolute atomic E-state index is 0.197. The Labute approximate surface area is 189 Å². The molecule has 1 atom stereocenters. The molecule has 1 aliphatic rings. The predicted molar refractivity (Wildman–Crippen MR) is 118 cm³/mol. The van der Waals surface area contributed by atoms with Crippen LogP contribution in [-0.2, 0) is 16.6 Å². The van der Waals surface area contributed by atoms with Gasteiger partial charge in [0.2, 0.25) is 10.0 Å². The van der Waals surface area contributed by atoms with Gasteiger partial charge in [0.1, 0.15) is 17.3 Å². The zero-order valence-electron chi connectivity index (χ0n) is 17.6. The lowest BCUT2D eigenvalue weighted by Crippen LogP contribution is -2.45. The molecule has 5 nitrogen and oxygen atoms in total. The summed E-state index contributed by atoms with van der Waals surface area (Å²) in [4.78, 5) is 1.00. The van der Waals surface area contributed by atoms with Crippen LogP contribution in [0.15, 0.2) is 84.6 Å². The number of allylic oxidation sites excluding steroid dienone is 4. The molecule has 0 amide bonds. The minimum Gasteiger partial charge on any atom is -0.467 e. The topological polar surface area (TPSA) is 58.6 Å². The first-order chi connectivity index (χ1) is 15.5. The summed E-state index contributed by atoms with van der Waals surface area (Å²) >= 11 is 0. The maximum absolute atomic E-state index is 14.5. The summed E-state index contributed by atoms with van der Waals surface area (Å²) in [5.74, 6) is -0.542. The van der Waals surface area contributed by atoms with Gasteiger partial charge in [0.15, 0.2) is 6.23 Å². The molecule has 1 aliphatic heterocycles. The highest BCUT2D eigenvalue weighted by Crippen LogP contribution is 2.37. The third-order valence-electron chi connectivity index (χ3n) is 4.71. The van der Waals surface area contributed by atoms with Crippen molar-refractivity contribution in [1.29, 1.82) is 0 Å². The molecular formula is C23H22F4N2O3S. The maximum atomic E-state index is 14.5. The SMILES string of the molecule is C=CCC1=CC=C(C(F)(F)F)N(Cc2ccc(NS(C)(=O)=O)c(F)c2)C1Oc1ccccc1. The van der Waals surface area contributed by atoms with Crippen molar-refractivity contribution in [3.05, 3.63) is 96.0 Å². The van der Waals surface area contributed by atoms with Gasteiger partial charge in [-0.2, -0.15) is 13.2 Å². The monoisotopic (exact) mass is 482 g/mol. The molecular weight excluding hydrogens is 460 g/mol. The fourth-order valence-electron chi connectivity index (χ4n) is 3.35. The van der Waals surface area contributed by atoms with Crippen molar-refractivity contribution in [3.8, 4) is 5.75 Å². The Morgan fingerprint density at radius 1 is 1.15 bits per heavy atom. The van der Waals surface area contributed by atoms with Crippen LogP contribution in [0.25, 0.3) is 0 Å². The minimum atomic E-state index is -4.69. The number of anilines is 1. The smallest absolute Gasteiger partial charge is 0.431 e. The van der Waals surface area contributed by atoms with Gasteiger partial charge in [0.25, 0.3) is 0 Å². The second-order valence-corrected chi connectivity index (χ2v) is 9.13. The molecule has 0 spiro atoms. The van der Waals surface area contributed by atoms with Crippen LogP contribution in [0.2, 0.25) is 0 Å². The van der Waals surface area contributed by atoms with Gasteiger partial charge in [-0.05, 0) is 47.9 Å². The van der Waals surface area contributed by atoms with E-state index in [9.17, 15) is 26.0 Å². The normalized spacial score (nSPS) is 16.6. The lowest BCUT2D eigenvalue weighted by Gasteiger charge is -2.39. The third kappa shape index (κ3) is 6.38. The van der Waals surface area contributed by atoms with E-state index < -0.39 is 33.9 Å². The van der Waals surface area contributed by atoms with Crippen molar-refractivity contribution in [3.63, 3.8) is 0 Å². The number of rotatable bonds is 8. The molecule has 2 aromatic rings. The fraction of sp³-hybridized carbons (Fsp3) is 0.217. The van der Waals surface area contributed by atoms with Crippen LogP contribution in [-0.4, -0.2) is 32.0 Å². The number of nitrogens with zero attached hydrogens (tertiary/aromatic N) is 1. The largest absolute Gasteiger partial charge is 0.467 e. The van der Waals surface area contributed by atoms with E-state index in [0.717, 1.165) is 23.3 Å². The molecule has 0 fully saturated rings. The summed E-state index contributed by atoms with van der Waals surface area (Å²) < 4.78 is 86.8. The summed E-state index contributed by atoms with van der Waals surface area (Å²) in [5, 5.41) is 0. The number of para-hydroxylation sites is 1. The summed E-state index contributed by atoms with van der Waals surface area (Å²) in [7, 11) is -3.72. The Morgan fingerprint density at radius 3 is 2.42 bits per heavy atom. The molecule has 33 heavy (non-hydrogen) atoms. The van der Waals surface area contributed by atoms with Gasteiger partial charge < -0.3 is 9.64 Å². The van der Waals surface area contributed by atoms with Gasteiger partial charge >= 0.3 is 6.18 Å². The number of halogens is 4. The van der Waals surface area contributed by atoms with E-state index in [1.165, 1.54) is 18.2 Å². The molecule has 0 saturated heterocycles. The Balaban J connectivity index is 1.99. The van der Waals surface area contributed by atoms with Crippen molar-refractivity contribution in [2.45, 2.75) is 25.4 Å². The van der Waals surface area contributed by atoms with Gasteiger partial charge in [0.05, 0.1) is 11.9 Å². The third-order valence-corrected chi connectivity index (χ3v) is 5.30. The van der Waals surface area contributed by atoms with Gasteiger partial charge in [0, 0.05) is 6.54 Å². The molecule has 1 heterocycles. The Bertz CT molecular complexity index is 1180. The van der Waals surface area contributed by atoms with Gasteiger partial charge in [-0.15, -0.1) is 6.58 Å². The van der Waals surface area contributed by atoms with Crippen LogP contribution in [0, 0.1) is 5.82 Å². The second kappa shape index (κ2) is 9.70. The van der Waals surface area contributed by atoms with Crippen LogP contribution in [0.5, 0.6) is 5.75 Å². The quantitative estimate of drug-likeness (QED) is 0.406. The molecule has 3 rings (SSSR count). The lowest BCUT2D eigenvalue weighted by atomic mass is 10.0. The molecule has 1 unspecified atom stereocenters. The number of sulfonamides is 1. The van der Waals surface area contributed by atoms with E-state index in [2.05, 4.69) is 6.58 Å². The van der Waals surface area contributed by atoms with Crippen LogP contribution in [0.1, 0.15) is 12.0 Å². The first-order valence-corrected chi connectivity index (χ1v) is 11.7. The van der Waals surface area contributed by atoms with Gasteiger partial charge in [-0.25, -0.2) is 12.8 Å². The van der Waals surface area contributed by atoms with Crippen molar-refractivity contribution in [2.75, 3.05) is 11.0 Å². The van der Waals surface area contributed by atoms with Crippen molar-refractivity contribution in [1.82, 2.24) is 4.90 Å². The van der Waals surface area contributed by atoms with Gasteiger partial charge in [-0.3, -0.25) is 4.72 Å². The van der Waals surface area contributed by atoms with E-state index in [-0.39, 0.29) is 24.2 Å². The molecule has 10 heteroatoms. The molecule has 0 aliphatic carbocycles.